The number of hydrogen-bond donors (Lipinski definition) is 1. The fourth-order valence-electron chi connectivity index (χ4n) is 2.59. The molecule has 20 heavy (non-hydrogen) atoms. The average molecular weight is 306 g/mol. The zero-order valence-electron chi connectivity index (χ0n) is 12.8. The van der Waals surface area contributed by atoms with Gasteiger partial charge in [0.2, 0.25) is 0 Å². The lowest BCUT2D eigenvalue weighted by molar-refractivity contribution is -0.149. The molecular weight excluding hydrogens is 280 g/mol. The van der Waals surface area contributed by atoms with Gasteiger partial charge in [0.25, 0.3) is 0 Å². The monoisotopic (exact) mass is 306 g/mol. The number of esters is 1. The van der Waals surface area contributed by atoms with Crippen LogP contribution in [-0.2, 0) is 19.4 Å². The van der Waals surface area contributed by atoms with Crippen LogP contribution in [0.15, 0.2) is 0 Å². The maximum Gasteiger partial charge on any atom is 0.325 e. The summed E-state index contributed by atoms with van der Waals surface area (Å²) in [7, 11) is -1.02. The molecule has 1 rings (SSSR count). The van der Waals surface area contributed by atoms with Crippen molar-refractivity contribution in [2.24, 2.45) is 5.73 Å². The molecule has 0 aromatic rings. The highest BCUT2D eigenvalue weighted by Gasteiger charge is 2.37. The Morgan fingerprint density at radius 2 is 2.15 bits per heavy atom. The molecule has 0 aromatic carbocycles. The second kappa shape index (κ2) is 6.41. The highest BCUT2D eigenvalue weighted by atomic mass is 32.2. The number of sulfone groups is 1. The molecule has 0 bridgehead atoms. The smallest absolute Gasteiger partial charge is 0.325 e. The summed E-state index contributed by atoms with van der Waals surface area (Å²) < 4.78 is 28.0. The van der Waals surface area contributed by atoms with Crippen molar-refractivity contribution in [3.05, 3.63) is 0 Å². The van der Waals surface area contributed by atoms with Crippen molar-refractivity contribution in [2.75, 3.05) is 25.2 Å². The van der Waals surface area contributed by atoms with Crippen molar-refractivity contribution in [3.63, 3.8) is 0 Å². The first kappa shape index (κ1) is 17.4. The number of nitrogens with two attached hydrogens (primary N) is 1. The summed E-state index contributed by atoms with van der Waals surface area (Å²) in [5.74, 6) is 0.0143. The molecule has 1 aliphatic heterocycles. The third-order valence-corrected chi connectivity index (χ3v) is 5.69. The summed E-state index contributed by atoms with van der Waals surface area (Å²) in [5.41, 5.74) is 4.96. The van der Waals surface area contributed by atoms with Gasteiger partial charge < -0.3 is 10.5 Å². The summed E-state index contributed by atoms with van der Waals surface area (Å²) in [6.45, 7) is 5.65. The minimum absolute atomic E-state index is 0.00714. The van der Waals surface area contributed by atoms with Crippen LogP contribution < -0.4 is 5.73 Å². The Labute approximate surface area is 121 Å². The molecule has 0 amide bonds. The lowest BCUT2D eigenvalue weighted by atomic mass is 9.93. The van der Waals surface area contributed by atoms with Crippen molar-refractivity contribution in [1.82, 2.24) is 4.90 Å². The minimum Gasteiger partial charge on any atom is -0.465 e. The van der Waals surface area contributed by atoms with E-state index in [1.54, 1.807) is 13.8 Å². The van der Waals surface area contributed by atoms with Gasteiger partial charge in [-0.1, -0.05) is 0 Å². The molecule has 7 heteroatoms. The highest BCUT2D eigenvalue weighted by Crippen LogP contribution is 2.22. The van der Waals surface area contributed by atoms with E-state index in [0.29, 0.717) is 19.4 Å². The molecule has 0 aliphatic carbocycles. The van der Waals surface area contributed by atoms with Crippen LogP contribution in [0.1, 0.15) is 33.6 Å². The zero-order chi connectivity index (χ0) is 15.6. The fraction of sp³-hybridized carbons (Fsp3) is 0.923. The van der Waals surface area contributed by atoms with Gasteiger partial charge in [0.15, 0.2) is 9.84 Å². The highest BCUT2D eigenvalue weighted by molar-refractivity contribution is 7.91. The van der Waals surface area contributed by atoms with Crippen LogP contribution in [0.3, 0.4) is 0 Å². The van der Waals surface area contributed by atoms with Gasteiger partial charge in [0.05, 0.1) is 18.1 Å². The van der Waals surface area contributed by atoms with Crippen molar-refractivity contribution >= 4 is 15.8 Å². The van der Waals surface area contributed by atoms with E-state index < -0.39 is 21.3 Å². The third kappa shape index (κ3) is 4.43. The molecule has 1 saturated heterocycles. The minimum atomic E-state index is -2.91. The van der Waals surface area contributed by atoms with Crippen LogP contribution in [0.25, 0.3) is 0 Å². The fourth-order valence-corrected chi connectivity index (χ4v) is 4.38. The summed E-state index contributed by atoms with van der Waals surface area (Å²) >= 11 is 0. The van der Waals surface area contributed by atoms with E-state index in [2.05, 4.69) is 0 Å². The molecule has 0 aromatic heterocycles. The van der Waals surface area contributed by atoms with Crippen molar-refractivity contribution in [3.8, 4) is 0 Å². The van der Waals surface area contributed by atoms with Gasteiger partial charge in [0, 0.05) is 12.1 Å². The molecule has 0 radical (unpaired) electrons. The van der Waals surface area contributed by atoms with E-state index in [9.17, 15) is 13.2 Å². The van der Waals surface area contributed by atoms with Crippen LogP contribution in [-0.4, -0.2) is 62.1 Å². The van der Waals surface area contributed by atoms with Gasteiger partial charge in [-0.3, -0.25) is 9.69 Å². The Bertz CT molecular complexity index is 447. The Balaban J connectivity index is 2.62. The first-order valence-corrected chi connectivity index (χ1v) is 8.79. The average Bonchev–Trinajstić information content (AvgIpc) is 2.68. The summed E-state index contributed by atoms with van der Waals surface area (Å²) in [4.78, 5) is 13.8. The Hall–Kier alpha value is -0.660. The molecule has 0 spiro atoms. The summed E-state index contributed by atoms with van der Waals surface area (Å²) in [6, 6.07) is 0.0145. The van der Waals surface area contributed by atoms with Gasteiger partial charge in [-0.25, -0.2) is 8.42 Å². The van der Waals surface area contributed by atoms with E-state index in [1.807, 2.05) is 18.9 Å². The Kier molecular flexibility index (Phi) is 5.57. The van der Waals surface area contributed by atoms with Crippen LogP contribution in [0.2, 0.25) is 0 Å². The molecule has 3 atom stereocenters. The molecule has 1 heterocycles. The van der Waals surface area contributed by atoms with Gasteiger partial charge in [-0.15, -0.1) is 0 Å². The van der Waals surface area contributed by atoms with E-state index in [-0.39, 0.29) is 23.6 Å². The lowest BCUT2D eigenvalue weighted by Crippen LogP contribution is -2.52. The van der Waals surface area contributed by atoms with E-state index in [1.165, 1.54) is 0 Å². The number of hydrogen-bond acceptors (Lipinski definition) is 6. The van der Waals surface area contributed by atoms with Crippen LogP contribution in [0, 0.1) is 0 Å². The third-order valence-electron chi connectivity index (χ3n) is 3.94. The first-order chi connectivity index (χ1) is 9.09. The number of rotatable bonds is 6. The van der Waals surface area contributed by atoms with Crippen molar-refractivity contribution < 1.29 is 17.9 Å². The Morgan fingerprint density at radius 1 is 1.55 bits per heavy atom. The molecule has 1 fully saturated rings. The SMILES string of the molecule is CCOC(=O)C(C)(N)CC(C)N(C)C1CCS(=O)(=O)C1. The zero-order valence-corrected chi connectivity index (χ0v) is 13.6. The largest absolute Gasteiger partial charge is 0.465 e. The topological polar surface area (TPSA) is 89.7 Å². The number of ether oxygens (including phenoxy) is 1. The second-order valence-electron chi connectivity index (χ2n) is 5.91. The second-order valence-corrected chi connectivity index (χ2v) is 8.14. The summed E-state index contributed by atoms with van der Waals surface area (Å²) in [5, 5.41) is 0. The molecule has 1 aliphatic rings. The van der Waals surface area contributed by atoms with E-state index >= 15 is 0 Å². The lowest BCUT2D eigenvalue weighted by Gasteiger charge is -2.34. The summed E-state index contributed by atoms with van der Waals surface area (Å²) in [6.07, 6.45) is 1.07. The van der Waals surface area contributed by atoms with Crippen LogP contribution >= 0.6 is 0 Å². The molecule has 118 valence electrons. The van der Waals surface area contributed by atoms with Gasteiger partial charge in [0.1, 0.15) is 5.54 Å². The van der Waals surface area contributed by atoms with E-state index in [0.717, 1.165) is 0 Å². The van der Waals surface area contributed by atoms with Gasteiger partial charge >= 0.3 is 5.97 Å². The van der Waals surface area contributed by atoms with Crippen molar-refractivity contribution in [2.45, 2.75) is 51.2 Å². The van der Waals surface area contributed by atoms with Crippen LogP contribution in [0.4, 0.5) is 0 Å². The maximum absolute atomic E-state index is 11.8. The number of carbonyl (C=O) groups excluding carboxylic acids is 1. The molecule has 6 nitrogen and oxygen atoms in total. The number of carbonyl (C=O) groups is 1. The normalized spacial score (nSPS) is 26.2. The predicted octanol–water partition coefficient (Wildman–Crippen LogP) is 0.164. The van der Waals surface area contributed by atoms with Gasteiger partial charge in [-0.05, 0) is 40.7 Å². The Morgan fingerprint density at radius 3 is 2.60 bits per heavy atom. The molecule has 0 saturated carbocycles. The van der Waals surface area contributed by atoms with E-state index in [4.69, 9.17) is 10.5 Å². The first-order valence-electron chi connectivity index (χ1n) is 6.97. The predicted molar refractivity (Wildman–Crippen MR) is 78.1 cm³/mol. The molecular formula is C13H26N2O4S. The molecule has 3 unspecified atom stereocenters. The van der Waals surface area contributed by atoms with Crippen LogP contribution in [0.5, 0.6) is 0 Å². The molecule has 2 N–H and O–H groups in total. The quantitative estimate of drug-likeness (QED) is 0.703. The maximum atomic E-state index is 11.8. The van der Waals surface area contributed by atoms with Gasteiger partial charge in [-0.2, -0.15) is 0 Å². The van der Waals surface area contributed by atoms with Crippen molar-refractivity contribution in [1.29, 1.82) is 0 Å². The number of nitrogens with zero attached hydrogens (tertiary/aromatic N) is 1. The standard InChI is InChI=1S/C13H26N2O4S/c1-5-19-12(16)13(3,14)8-10(2)15(4)11-6-7-20(17,18)9-11/h10-11H,5-9,14H2,1-4H3.